The highest BCUT2D eigenvalue weighted by molar-refractivity contribution is 7.12. The van der Waals surface area contributed by atoms with E-state index in [-0.39, 0.29) is 12.4 Å². The summed E-state index contributed by atoms with van der Waals surface area (Å²) in [4.78, 5) is 16.1. The zero-order valence-electron chi connectivity index (χ0n) is 12.0. The van der Waals surface area contributed by atoms with E-state index in [2.05, 4.69) is 17.0 Å². The van der Waals surface area contributed by atoms with Crippen molar-refractivity contribution in [3.8, 4) is 5.13 Å². The maximum absolute atomic E-state index is 11.8. The molecule has 0 aromatic carbocycles. The summed E-state index contributed by atoms with van der Waals surface area (Å²) in [5.74, 6) is -0.199. The molecule has 108 valence electrons. The van der Waals surface area contributed by atoms with Gasteiger partial charge in [-0.3, -0.25) is 4.79 Å². The number of carbonyl (C=O) groups excluding carboxylic acids is 1. The van der Waals surface area contributed by atoms with Crippen LogP contribution in [-0.2, 0) is 28.8 Å². The van der Waals surface area contributed by atoms with Crippen LogP contribution in [0, 0.1) is 0 Å². The molecule has 0 bridgehead atoms. The van der Waals surface area contributed by atoms with Crippen LogP contribution >= 0.6 is 11.3 Å². The lowest BCUT2D eigenvalue weighted by atomic mass is 10.1. The third-order valence-electron chi connectivity index (χ3n) is 3.07. The Morgan fingerprint density at radius 1 is 1.35 bits per heavy atom. The molecule has 0 aliphatic rings. The quantitative estimate of drug-likeness (QED) is 0.768. The van der Waals surface area contributed by atoms with Gasteiger partial charge in [-0.05, 0) is 19.8 Å². The molecule has 0 saturated carbocycles. The van der Waals surface area contributed by atoms with Crippen molar-refractivity contribution in [2.75, 3.05) is 6.61 Å². The first-order valence-corrected chi connectivity index (χ1v) is 7.74. The number of carbonyl (C=O) groups is 1. The van der Waals surface area contributed by atoms with E-state index >= 15 is 0 Å². The molecule has 0 amide bonds. The average molecular weight is 293 g/mol. The van der Waals surface area contributed by atoms with Crippen LogP contribution in [0.5, 0.6) is 0 Å². The molecule has 0 unspecified atom stereocenters. The first kappa shape index (κ1) is 14.7. The fourth-order valence-electron chi connectivity index (χ4n) is 2.22. The number of ether oxygens (including phenoxy) is 1. The van der Waals surface area contributed by atoms with Gasteiger partial charge in [-0.25, -0.2) is 9.67 Å². The Bertz CT molecular complexity index is 576. The van der Waals surface area contributed by atoms with E-state index in [9.17, 15) is 4.79 Å². The molecule has 5 nitrogen and oxygen atoms in total. The Morgan fingerprint density at radius 2 is 2.15 bits per heavy atom. The lowest BCUT2D eigenvalue weighted by Gasteiger charge is -2.05. The van der Waals surface area contributed by atoms with E-state index in [0.717, 1.165) is 34.9 Å². The summed E-state index contributed by atoms with van der Waals surface area (Å²) < 4.78 is 6.91. The van der Waals surface area contributed by atoms with Crippen molar-refractivity contribution >= 4 is 17.3 Å². The minimum absolute atomic E-state index is 0.199. The smallest absolute Gasteiger partial charge is 0.310 e. The highest BCUT2D eigenvalue weighted by Gasteiger charge is 2.20. The van der Waals surface area contributed by atoms with Crippen LogP contribution in [0.2, 0.25) is 0 Å². The largest absolute Gasteiger partial charge is 0.466 e. The van der Waals surface area contributed by atoms with Gasteiger partial charge in [0.2, 0.25) is 5.13 Å². The molecule has 0 atom stereocenters. The second-order valence-electron chi connectivity index (χ2n) is 4.29. The summed E-state index contributed by atoms with van der Waals surface area (Å²) in [6, 6.07) is 0. The summed E-state index contributed by atoms with van der Waals surface area (Å²) in [6.07, 6.45) is 3.64. The van der Waals surface area contributed by atoms with Gasteiger partial charge in [0.25, 0.3) is 0 Å². The number of thiazole rings is 1. The van der Waals surface area contributed by atoms with E-state index in [1.54, 1.807) is 17.5 Å². The third kappa shape index (κ3) is 2.90. The van der Waals surface area contributed by atoms with Crippen LogP contribution in [-0.4, -0.2) is 27.3 Å². The van der Waals surface area contributed by atoms with E-state index in [4.69, 9.17) is 4.74 Å². The molecular formula is C14H19N3O2S. The second kappa shape index (κ2) is 6.65. The number of rotatable bonds is 6. The number of aryl methyl sites for hydroxylation is 1. The Labute approximate surface area is 122 Å². The summed E-state index contributed by atoms with van der Waals surface area (Å²) in [5, 5.41) is 7.38. The molecule has 0 fully saturated rings. The zero-order chi connectivity index (χ0) is 14.5. The van der Waals surface area contributed by atoms with Gasteiger partial charge < -0.3 is 4.74 Å². The van der Waals surface area contributed by atoms with Crippen molar-refractivity contribution in [1.29, 1.82) is 0 Å². The first-order chi connectivity index (χ1) is 9.71. The Kier molecular flexibility index (Phi) is 4.89. The van der Waals surface area contributed by atoms with Gasteiger partial charge in [-0.15, -0.1) is 11.3 Å². The highest BCUT2D eigenvalue weighted by atomic mass is 32.1. The van der Waals surface area contributed by atoms with Gasteiger partial charge in [-0.2, -0.15) is 5.10 Å². The van der Waals surface area contributed by atoms with Crippen LogP contribution in [0.1, 0.15) is 37.7 Å². The molecule has 0 aliphatic carbocycles. The van der Waals surface area contributed by atoms with Crippen molar-refractivity contribution in [2.45, 2.75) is 40.0 Å². The monoisotopic (exact) mass is 293 g/mol. The fraction of sp³-hybridized carbons (Fsp3) is 0.500. The van der Waals surface area contributed by atoms with Gasteiger partial charge in [0, 0.05) is 17.1 Å². The number of esters is 1. The summed E-state index contributed by atoms with van der Waals surface area (Å²) >= 11 is 1.54. The highest BCUT2D eigenvalue weighted by Crippen LogP contribution is 2.22. The molecule has 0 N–H and O–H groups in total. The minimum Gasteiger partial charge on any atom is -0.466 e. The molecule has 2 heterocycles. The summed E-state index contributed by atoms with van der Waals surface area (Å²) in [6.45, 7) is 6.33. The van der Waals surface area contributed by atoms with Crippen LogP contribution in [0.25, 0.3) is 5.13 Å². The SMILES string of the molecule is CCOC(=O)Cc1c(CC)nn(-c2nccs2)c1CC. The molecule has 0 spiro atoms. The van der Waals surface area contributed by atoms with Gasteiger partial charge in [0.15, 0.2) is 0 Å². The molecule has 0 saturated heterocycles. The molecule has 2 aromatic rings. The number of nitrogens with zero attached hydrogens (tertiary/aromatic N) is 3. The zero-order valence-corrected chi connectivity index (χ0v) is 12.9. The molecule has 6 heteroatoms. The third-order valence-corrected chi connectivity index (χ3v) is 3.82. The van der Waals surface area contributed by atoms with Crippen molar-refractivity contribution in [2.24, 2.45) is 0 Å². The summed E-state index contributed by atoms with van der Waals surface area (Å²) in [7, 11) is 0. The predicted molar refractivity (Wildman–Crippen MR) is 78.3 cm³/mol. The van der Waals surface area contributed by atoms with E-state index in [1.165, 1.54) is 0 Å². The van der Waals surface area contributed by atoms with Gasteiger partial charge in [-0.1, -0.05) is 13.8 Å². The molecule has 20 heavy (non-hydrogen) atoms. The van der Waals surface area contributed by atoms with Crippen molar-refractivity contribution in [3.05, 3.63) is 28.5 Å². The van der Waals surface area contributed by atoms with Crippen LogP contribution in [0.3, 0.4) is 0 Å². The molecular weight excluding hydrogens is 274 g/mol. The molecule has 0 radical (unpaired) electrons. The number of aromatic nitrogens is 3. The van der Waals surface area contributed by atoms with Gasteiger partial charge in [0.05, 0.1) is 24.4 Å². The minimum atomic E-state index is -0.199. The normalized spacial score (nSPS) is 10.8. The van der Waals surface area contributed by atoms with Gasteiger partial charge >= 0.3 is 5.97 Å². The lowest BCUT2D eigenvalue weighted by molar-refractivity contribution is -0.142. The van der Waals surface area contributed by atoms with E-state index < -0.39 is 0 Å². The van der Waals surface area contributed by atoms with E-state index in [0.29, 0.717) is 6.61 Å². The Balaban J connectivity index is 2.41. The average Bonchev–Trinajstić information content (AvgIpc) is 3.05. The fourth-order valence-corrected chi connectivity index (χ4v) is 2.84. The number of hydrogen-bond donors (Lipinski definition) is 0. The first-order valence-electron chi connectivity index (χ1n) is 6.86. The summed E-state index contributed by atoms with van der Waals surface area (Å²) in [5.41, 5.74) is 2.98. The van der Waals surface area contributed by atoms with Gasteiger partial charge in [0.1, 0.15) is 0 Å². The molecule has 2 aromatic heterocycles. The molecule has 2 rings (SSSR count). The van der Waals surface area contributed by atoms with Crippen LogP contribution < -0.4 is 0 Å². The van der Waals surface area contributed by atoms with Crippen LogP contribution in [0.4, 0.5) is 0 Å². The Morgan fingerprint density at radius 3 is 2.70 bits per heavy atom. The van der Waals surface area contributed by atoms with E-state index in [1.807, 2.05) is 23.9 Å². The topological polar surface area (TPSA) is 57.0 Å². The predicted octanol–water partition coefficient (Wildman–Crippen LogP) is 2.56. The van der Waals surface area contributed by atoms with Crippen molar-refractivity contribution < 1.29 is 9.53 Å². The maximum Gasteiger partial charge on any atom is 0.310 e. The maximum atomic E-state index is 11.8. The second-order valence-corrected chi connectivity index (χ2v) is 5.16. The molecule has 0 aliphatic heterocycles. The van der Waals surface area contributed by atoms with Crippen molar-refractivity contribution in [1.82, 2.24) is 14.8 Å². The standard InChI is InChI=1S/C14H19N3O2S/c1-4-11-10(9-13(18)19-6-3)12(5-2)17(16-11)14-15-7-8-20-14/h7-8H,4-6,9H2,1-3H3. The van der Waals surface area contributed by atoms with Crippen LogP contribution in [0.15, 0.2) is 11.6 Å². The van der Waals surface area contributed by atoms with Crippen molar-refractivity contribution in [3.63, 3.8) is 0 Å². The lowest BCUT2D eigenvalue weighted by Crippen LogP contribution is -2.10. The number of hydrogen-bond acceptors (Lipinski definition) is 5. The Hall–Kier alpha value is -1.69.